The van der Waals surface area contributed by atoms with Crippen molar-refractivity contribution in [3.63, 3.8) is 0 Å². The van der Waals surface area contributed by atoms with E-state index in [0.29, 0.717) is 12.1 Å². The van der Waals surface area contributed by atoms with Crippen molar-refractivity contribution in [2.24, 2.45) is 0 Å². The molecule has 2 rings (SSSR count). The molecule has 0 fully saturated rings. The Morgan fingerprint density at radius 3 is 2.20 bits per heavy atom. The number of para-hydroxylation sites is 1. The van der Waals surface area contributed by atoms with E-state index in [1.54, 1.807) is 24.3 Å². The summed E-state index contributed by atoms with van der Waals surface area (Å²) in [5.41, 5.74) is 1.65. The summed E-state index contributed by atoms with van der Waals surface area (Å²) >= 11 is 0. The summed E-state index contributed by atoms with van der Waals surface area (Å²) in [6.07, 6.45) is 0.616. The molecule has 25 heavy (non-hydrogen) atoms. The minimum Gasteiger partial charge on any atom is -0.369 e. The predicted octanol–water partition coefficient (Wildman–Crippen LogP) is 2.69. The number of carbonyl (C=O) groups excluding carboxylic acids is 1. The Morgan fingerprint density at radius 1 is 1.08 bits per heavy atom. The molecule has 7 nitrogen and oxygen atoms in total. The van der Waals surface area contributed by atoms with Crippen LogP contribution in [0.3, 0.4) is 0 Å². The lowest BCUT2D eigenvalue weighted by Gasteiger charge is -2.28. The number of hydrogen-bond donors (Lipinski definition) is 2. The molecular formula is C17H20NO6P. The van der Waals surface area contributed by atoms with Crippen molar-refractivity contribution in [1.82, 2.24) is 0 Å². The van der Waals surface area contributed by atoms with E-state index in [-0.39, 0.29) is 6.61 Å². The van der Waals surface area contributed by atoms with E-state index < -0.39 is 19.8 Å². The molecule has 0 amide bonds. The molecule has 2 aromatic rings. The molecular weight excluding hydrogens is 345 g/mol. The first-order valence-corrected chi connectivity index (χ1v) is 9.20. The zero-order valence-corrected chi connectivity index (χ0v) is 14.6. The van der Waals surface area contributed by atoms with Gasteiger partial charge in [-0.15, -0.1) is 0 Å². The third-order valence-corrected chi connectivity index (χ3v) is 3.79. The summed E-state index contributed by atoms with van der Waals surface area (Å²) < 4.78 is 15.1. The van der Waals surface area contributed by atoms with Crippen molar-refractivity contribution in [3.8, 4) is 0 Å². The number of benzene rings is 2. The van der Waals surface area contributed by atoms with Crippen LogP contribution < -0.4 is 5.06 Å². The van der Waals surface area contributed by atoms with Crippen molar-refractivity contribution in [3.05, 3.63) is 66.2 Å². The second kappa shape index (κ2) is 8.78. The lowest BCUT2D eigenvalue weighted by Crippen LogP contribution is -2.40. The van der Waals surface area contributed by atoms with Gasteiger partial charge >= 0.3 is 13.8 Å². The monoisotopic (exact) mass is 365 g/mol. The minimum absolute atomic E-state index is 0.284. The summed E-state index contributed by atoms with van der Waals surface area (Å²) in [5.74, 6) is -1.07. The van der Waals surface area contributed by atoms with Gasteiger partial charge in [0, 0.05) is 0 Å². The number of nitrogens with zero attached hydrogens (tertiary/aromatic N) is 1. The van der Waals surface area contributed by atoms with Crippen molar-refractivity contribution < 1.29 is 28.5 Å². The van der Waals surface area contributed by atoms with Crippen LogP contribution in [0.1, 0.15) is 12.5 Å². The number of anilines is 1. The Hall–Kier alpha value is -2.18. The van der Waals surface area contributed by atoms with Gasteiger partial charge in [0.15, 0.2) is 6.04 Å². The maximum absolute atomic E-state index is 12.0. The molecule has 134 valence electrons. The maximum Gasteiger partial charge on any atom is 0.527 e. The Kier molecular flexibility index (Phi) is 6.73. The van der Waals surface area contributed by atoms with Gasteiger partial charge < -0.3 is 4.52 Å². The number of hydrogen-bond acceptors (Lipinski definition) is 5. The summed E-state index contributed by atoms with van der Waals surface area (Å²) in [6, 6.07) is 17.4. The molecule has 0 unspecified atom stereocenters. The Balaban J connectivity index is 2.08. The molecule has 2 aromatic carbocycles. The molecule has 0 aliphatic carbocycles. The lowest BCUT2D eigenvalue weighted by molar-refractivity contribution is -0.139. The van der Waals surface area contributed by atoms with Crippen molar-refractivity contribution in [1.29, 1.82) is 0 Å². The Labute approximate surface area is 146 Å². The van der Waals surface area contributed by atoms with E-state index in [1.165, 1.54) is 12.0 Å². The first-order valence-electron chi connectivity index (χ1n) is 7.67. The SMILES string of the molecule is C[C@@H](C(=O)OP(=O)(O)O)N(OCCc1ccccc1)c1ccccc1. The van der Waals surface area contributed by atoms with Crippen LogP contribution in [-0.2, 0) is 25.1 Å². The summed E-state index contributed by atoms with van der Waals surface area (Å²) in [4.78, 5) is 35.3. The predicted molar refractivity (Wildman–Crippen MR) is 92.6 cm³/mol. The molecule has 0 aliphatic rings. The number of carbonyl (C=O) groups is 1. The average molecular weight is 365 g/mol. The third-order valence-electron chi connectivity index (χ3n) is 3.38. The number of phosphoric acid groups is 1. The van der Waals surface area contributed by atoms with E-state index in [9.17, 15) is 9.36 Å². The molecule has 0 saturated heterocycles. The van der Waals surface area contributed by atoms with Gasteiger partial charge in [-0.25, -0.2) is 14.4 Å². The fourth-order valence-corrected chi connectivity index (χ4v) is 2.57. The van der Waals surface area contributed by atoms with E-state index in [1.807, 2.05) is 36.4 Å². The zero-order chi connectivity index (χ0) is 18.3. The highest BCUT2D eigenvalue weighted by Gasteiger charge is 2.30. The molecule has 0 heterocycles. The molecule has 8 heteroatoms. The highest BCUT2D eigenvalue weighted by molar-refractivity contribution is 7.46. The van der Waals surface area contributed by atoms with Gasteiger partial charge in [-0.1, -0.05) is 48.5 Å². The largest absolute Gasteiger partial charge is 0.527 e. The fraction of sp³-hybridized carbons (Fsp3) is 0.235. The highest BCUT2D eigenvalue weighted by Crippen LogP contribution is 2.36. The van der Waals surface area contributed by atoms with E-state index in [4.69, 9.17) is 14.6 Å². The van der Waals surface area contributed by atoms with Gasteiger partial charge in [-0.2, -0.15) is 0 Å². The van der Waals surface area contributed by atoms with Crippen LogP contribution in [0.25, 0.3) is 0 Å². The van der Waals surface area contributed by atoms with E-state index in [2.05, 4.69) is 4.52 Å². The molecule has 0 aliphatic heterocycles. The van der Waals surface area contributed by atoms with Crippen molar-refractivity contribution >= 4 is 19.5 Å². The van der Waals surface area contributed by atoms with Crippen LogP contribution >= 0.6 is 7.82 Å². The van der Waals surface area contributed by atoms with Crippen LogP contribution in [0, 0.1) is 0 Å². The second-order valence-corrected chi connectivity index (χ2v) is 6.47. The Bertz CT molecular complexity index is 718. The second-order valence-electron chi connectivity index (χ2n) is 5.31. The first-order chi connectivity index (χ1) is 11.9. The quantitative estimate of drug-likeness (QED) is 0.548. The molecule has 0 radical (unpaired) electrons. The zero-order valence-electron chi connectivity index (χ0n) is 13.7. The smallest absolute Gasteiger partial charge is 0.369 e. The number of rotatable bonds is 8. The average Bonchev–Trinajstić information content (AvgIpc) is 2.58. The van der Waals surface area contributed by atoms with Gasteiger partial charge in [0.1, 0.15) is 0 Å². The van der Waals surface area contributed by atoms with E-state index >= 15 is 0 Å². The summed E-state index contributed by atoms with van der Waals surface area (Å²) in [6.45, 7) is 1.74. The number of hydroxylamine groups is 1. The first kappa shape index (κ1) is 19.1. The molecule has 0 spiro atoms. The van der Waals surface area contributed by atoms with Crippen LogP contribution in [0.5, 0.6) is 0 Å². The normalized spacial score (nSPS) is 12.4. The van der Waals surface area contributed by atoms with Gasteiger partial charge in [-0.05, 0) is 31.0 Å². The number of phosphoric ester groups is 1. The molecule has 0 bridgehead atoms. The minimum atomic E-state index is -4.91. The van der Waals surface area contributed by atoms with Crippen LogP contribution in [0.4, 0.5) is 5.69 Å². The van der Waals surface area contributed by atoms with Gasteiger partial charge in [-0.3, -0.25) is 14.6 Å². The van der Waals surface area contributed by atoms with Crippen LogP contribution in [0.2, 0.25) is 0 Å². The Morgan fingerprint density at radius 2 is 1.64 bits per heavy atom. The fourth-order valence-electron chi connectivity index (χ4n) is 2.18. The molecule has 2 N–H and O–H groups in total. The maximum atomic E-state index is 12.0. The molecule has 0 aromatic heterocycles. The highest BCUT2D eigenvalue weighted by atomic mass is 31.2. The standard InChI is InChI=1S/C17H20NO6P/c1-14(17(19)24-25(20,21)22)18(16-10-6-3-7-11-16)23-13-12-15-8-4-2-5-9-15/h2-11,14H,12-13H2,1H3,(H2,20,21,22)/t14-/m0/s1. The third kappa shape index (κ3) is 6.32. The van der Waals surface area contributed by atoms with Crippen LogP contribution in [0.15, 0.2) is 60.7 Å². The summed E-state index contributed by atoms with van der Waals surface area (Å²) in [7, 11) is -4.91. The summed E-state index contributed by atoms with van der Waals surface area (Å²) in [5, 5.41) is 1.29. The topological polar surface area (TPSA) is 96.3 Å². The molecule has 1 atom stereocenters. The van der Waals surface area contributed by atoms with Gasteiger partial charge in [0.2, 0.25) is 0 Å². The van der Waals surface area contributed by atoms with Gasteiger partial charge in [0.25, 0.3) is 0 Å². The van der Waals surface area contributed by atoms with E-state index in [0.717, 1.165) is 5.56 Å². The molecule has 0 saturated carbocycles. The van der Waals surface area contributed by atoms with Crippen LogP contribution in [-0.4, -0.2) is 28.4 Å². The van der Waals surface area contributed by atoms with Crippen molar-refractivity contribution in [2.45, 2.75) is 19.4 Å². The lowest BCUT2D eigenvalue weighted by atomic mass is 10.2. The van der Waals surface area contributed by atoms with Gasteiger partial charge in [0.05, 0.1) is 12.3 Å². The van der Waals surface area contributed by atoms with Crippen molar-refractivity contribution in [2.75, 3.05) is 11.7 Å².